The van der Waals surface area contributed by atoms with Crippen molar-refractivity contribution in [3.63, 3.8) is 0 Å². The predicted octanol–water partition coefficient (Wildman–Crippen LogP) is 3.46. The quantitative estimate of drug-likeness (QED) is 0.775. The summed E-state index contributed by atoms with van der Waals surface area (Å²) >= 11 is 0. The van der Waals surface area contributed by atoms with Crippen molar-refractivity contribution in [3.05, 3.63) is 29.3 Å². The van der Waals surface area contributed by atoms with Crippen molar-refractivity contribution in [2.24, 2.45) is 0 Å². The molecule has 1 aromatic carbocycles. The normalized spacial score (nSPS) is 11.6. The van der Waals surface area contributed by atoms with Gasteiger partial charge in [-0.3, -0.25) is 0 Å². The first-order valence-electron chi connectivity index (χ1n) is 6.50. The highest BCUT2D eigenvalue weighted by Crippen LogP contribution is 2.28. The van der Waals surface area contributed by atoms with Crippen molar-refractivity contribution in [2.45, 2.75) is 39.7 Å². The molecule has 0 spiro atoms. The number of aryl methyl sites for hydroxylation is 1. The number of rotatable bonds is 6. The van der Waals surface area contributed by atoms with Crippen LogP contribution in [0.2, 0.25) is 0 Å². The predicted molar refractivity (Wildman–Crippen MR) is 76.8 cm³/mol. The fourth-order valence-electron chi connectivity index (χ4n) is 1.94. The number of hydrogen-bond donors (Lipinski definition) is 1. The largest absolute Gasteiger partial charge is 0.496 e. The first-order chi connectivity index (χ1) is 8.72. The van der Waals surface area contributed by atoms with Crippen LogP contribution in [0.1, 0.15) is 43.9 Å². The molecule has 0 aromatic heterocycles. The molecule has 0 aliphatic carbocycles. The molecule has 98 valence electrons. The zero-order chi connectivity index (χ0) is 13.4. The van der Waals surface area contributed by atoms with Gasteiger partial charge < -0.3 is 10.1 Å². The summed E-state index contributed by atoms with van der Waals surface area (Å²) in [6.45, 7) is 7.14. The second-order valence-electron chi connectivity index (χ2n) is 4.38. The lowest BCUT2D eigenvalue weighted by Crippen LogP contribution is -2.22. The van der Waals surface area contributed by atoms with Crippen LogP contribution in [0.15, 0.2) is 18.2 Å². The Labute approximate surface area is 111 Å². The summed E-state index contributed by atoms with van der Waals surface area (Å²) in [5.41, 5.74) is 2.45. The molecule has 0 amide bonds. The van der Waals surface area contributed by atoms with E-state index >= 15 is 0 Å². The van der Waals surface area contributed by atoms with Crippen LogP contribution in [-0.2, 0) is 0 Å². The molecule has 0 radical (unpaired) electrons. The number of benzene rings is 1. The first kappa shape index (κ1) is 14.6. The molecule has 0 saturated heterocycles. The summed E-state index contributed by atoms with van der Waals surface area (Å²) in [4.78, 5) is 0. The van der Waals surface area contributed by atoms with Crippen molar-refractivity contribution >= 4 is 0 Å². The summed E-state index contributed by atoms with van der Waals surface area (Å²) in [6.07, 6.45) is 1.93. The third kappa shape index (κ3) is 4.09. The molecular weight excluding hydrogens is 222 g/mol. The van der Waals surface area contributed by atoms with Gasteiger partial charge in [0.2, 0.25) is 0 Å². The van der Waals surface area contributed by atoms with E-state index in [0.717, 1.165) is 25.1 Å². The van der Waals surface area contributed by atoms with Gasteiger partial charge in [-0.2, -0.15) is 0 Å². The van der Waals surface area contributed by atoms with Gasteiger partial charge in [-0.1, -0.05) is 24.6 Å². The lowest BCUT2D eigenvalue weighted by atomic mass is 10.0. The van der Waals surface area contributed by atoms with Crippen LogP contribution < -0.4 is 10.1 Å². The standard InChI is InChI=1S/C16H23NO/c1-5-7-8-15(17-11-6-2)14-12-13(3)9-10-16(14)18-4/h9-10,12,15,17H,6,8,11H2,1-4H3. The van der Waals surface area contributed by atoms with E-state index in [2.05, 4.69) is 43.1 Å². The lowest BCUT2D eigenvalue weighted by Gasteiger charge is -2.20. The minimum absolute atomic E-state index is 0.243. The van der Waals surface area contributed by atoms with Gasteiger partial charge in [0.25, 0.3) is 0 Å². The van der Waals surface area contributed by atoms with E-state index in [4.69, 9.17) is 4.74 Å². The van der Waals surface area contributed by atoms with Crippen molar-refractivity contribution in [3.8, 4) is 17.6 Å². The number of methoxy groups -OCH3 is 1. The zero-order valence-electron chi connectivity index (χ0n) is 11.8. The molecule has 0 bridgehead atoms. The van der Waals surface area contributed by atoms with Crippen LogP contribution in [0.4, 0.5) is 0 Å². The maximum Gasteiger partial charge on any atom is 0.123 e. The van der Waals surface area contributed by atoms with Crippen molar-refractivity contribution in [2.75, 3.05) is 13.7 Å². The van der Waals surface area contributed by atoms with Gasteiger partial charge in [0.05, 0.1) is 7.11 Å². The summed E-state index contributed by atoms with van der Waals surface area (Å²) in [7, 11) is 1.72. The minimum Gasteiger partial charge on any atom is -0.496 e. The van der Waals surface area contributed by atoms with Crippen molar-refractivity contribution in [1.82, 2.24) is 5.32 Å². The maximum absolute atomic E-state index is 5.45. The molecule has 0 aliphatic heterocycles. The maximum atomic E-state index is 5.45. The third-order valence-corrected chi connectivity index (χ3v) is 2.88. The van der Waals surface area contributed by atoms with E-state index in [-0.39, 0.29) is 6.04 Å². The molecule has 1 atom stereocenters. The van der Waals surface area contributed by atoms with Gasteiger partial charge in [-0.15, -0.1) is 11.8 Å². The summed E-state index contributed by atoms with van der Waals surface area (Å²) < 4.78 is 5.45. The second-order valence-corrected chi connectivity index (χ2v) is 4.38. The van der Waals surface area contributed by atoms with Crippen LogP contribution >= 0.6 is 0 Å². The van der Waals surface area contributed by atoms with E-state index in [1.54, 1.807) is 7.11 Å². The van der Waals surface area contributed by atoms with E-state index in [0.29, 0.717) is 0 Å². The average molecular weight is 245 g/mol. The third-order valence-electron chi connectivity index (χ3n) is 2.88. The Morgan fingerprint density at radius 1 is 1.39 bits per heavy atom. The molecule has 18 heavy (non-hydrogen) atoms. The Hall–Kier alpha value is -1.46. The van der Waals surface area contributed by atoms with Gasteiger partial charge in [-0.05, 0) is 32.9 Å². The minimum atomic E-state index is 0.243. The SMILES string of the molecule is CC#CCC(NCCC)c1cc(C)ccc1OC. The molecule has 1 N–H and O–H groups in total. The Bertz CT molecular complexity index is 428. The molecule has 1 unspecified atom stereocenters. The van der Waals surface area contributed by atoms with Crippen molar-refractivity contribution in [1.29, 1.82) is 0 Å². The molecule has 0 saturated carbocycles. The summed E-state index contributed by atoms with van der Waals surface area (Å²) in [5, 5.41) is 3.54. The molecule has 2 heteroatoms. The smallest absolute Gasteiger partial charge is 0.123 e. The first-order valence-corrected chi connectivity index (χ1v) is 6.50. The fourth-order valence-corrected chi connectivity index (χ4v) is 1.94. The highest BCUT2D eigenvalue weighted by atomic mass is 16.5. The van der Waals surface area contributed by atoms with Crippen LogP contribution in [-0.4, -0.2) is 13.7 Å². The van der Waals surface area contributed by atoms with Gasteiger partial charge in [0.1, 0.15) is 5.75 Å². The molecule has 1 rings (SSSR count). The highest BCUT2D eigenvalue weighted by molar-refractivity contribution is 5.39. The van der Waals surface area contributed by atoms with E-state index in [9.17, 15) is 0 Å². The molecule has 0 heterocycles. The average Bonchev–Trinajstić information content (AvgIpc) is 2.39. The topological polar surface area (TPSA) is 21.3 Å². The highest BCUT2D eigenvalue weighted by Gasteiger charge is 2.14. The Kier molecular flexibility index (Phi) is 6.32. The van der Waals surface area contributed by atoms with Crippen LogP contribution in [0.25, 0.3) is 0 Å². The van der Waals surface area contributed by atoms with E-state index in [1.807, 2.05) is 13.0 Å². The van der Waals surface area contributed by atoms with Gasteiger partial charge in [0.15, 0.2) is 0 Å². The second kappa shape index (κ2) is 7.79. The monoisotopic (exact) mass is 245 g/mol. The summed E-state index contributed by atoms with van der Waals surface area (Å²) in [6, 6.07) is 6.53. The van der Waals surface area contributed by atoms with Crippen LogP contribution in [0.3, 0.4) is 0 Å². The Morgan fingerprint density at radius 3 is 2.78 bits per heavy atom. The van der Waals surface area contributed by atoms with Gasteiger partial charge >= 0.3 is 0 Å². The van der Waals surface area contributed by atoms with Gasteiger partial charge in [-0.25, -0.2) is 0 Å². The molecule has 0 aliphatic rings. The fraction of sp³-hybridized carbons (Fsp3) is 0.500. The number of nitrogens with one attached hydrogen (secondary N) is 1. The molecule has 1 aromatic rings. The van der Waals surface area contributed by atoms with E-state index in [1.165, 1.54) is 11.1 Å². The molecular formula is C16H23NO. The molecule has 0 fully saturated rings. The van der Waals surface area contributed by atoms with E-state index < -0.39 is 0 Å². The number of hydrogen-bond acceptors (Lipinski definition) is 2. The summed E-state index contributed by atoms with van der Waals surface area (Å²) in [5.74, 6) is 7.06. The number of ether oxygens (including phenoxy) is 1. The van der Waals surface area contributed by atoms with Crippen LogP contribution in [0, 0.1) is 18.8 Å². The Balaban J connectivity index is 3.00. The zero-order valence-corrected chi connectivity index (χ0v) is 11.8. The Morgan fingerprint density at radius 2 is 2.17 bits per heavy atom. The van der Waals surface area contributed by atoms with Crippen molar-refractivity contribution < 1.29 is 4.74 Å². The molecule has 2 nitrogen and oxygen atoms in total. The van der Waals surface area contributed by atoms with Crippen LogP contribution in [0.5, 0.6) is 5.75 Å². The lowest BCUT2D eigenvalue weighted by molar-refractivity contribution is 0.399. The van der Waals surface area contributed by atoms with Gasteiger partial charge in [0, 0.05) is 18.0 Å².